The minimum absolute atomic E-state index is 0.347. The zero-order chi connectivity index (χ0) is 17.8. The van der Waals surface area contributed by atoms with Gasteiger partial charge in [-0.1, -0.05) is 36.0 Å². The van der Waals surface area contributed by atoms with Crippen LogP contribution in [0, 0.1) is 6.92 Å². The lowest BCUT2D eigenvalue weighted by Gasteiger charge is -2.23. The van der Waals surface area contributed by atoms with Crippen LogP contribution >= 0.6 is 11.8 Å². The molecule has 1 aliphatic heterocycles. The number of aryl methyl sites for hydroxylation is 1. The van der Waals surface area contributed by atoms with Crippen LogP contribution in [-0.4, -0.2) is 29.2 Å². The summed E-state index contributed by atoms with van der Waals surface area (Å²) in [5.41, 5.74) is 1.17. The Morgan fingerprint density at radius 1 is 1.12 bits per heavy atom. The molecule has 0 saturated carbocycles. The van der Waals surface area contributed by atoms with Gasteiger partial charge >= 0.3 is 0 Å². The number of hydrogen-bond acceptors (Lipinski definition) is 7. The van der Waals surface area contributed by atoms with E-state index in [1.165, 1.54) is 17.3 Å². The maximum absolute atomic E-state index is 5.87. The summed E-state index contributed by atoms with van der Waals surface area (Å²) in [5, 5.41) is 8.63. The average Bonchev–Trinajstić information content (AvgIpc) is 3.14. The van der Waals surface area contributed by atoms with E-state index >= 15 is 0 Å². The van der Waals surface area contributed by atoms with Gasteiger partial charge < -0.3 is 18.6 Å². The molecule has 0 amide bonds. The minimum atomic E-state index is -0.393. The Morgan fingerprint density at radius 2 is 2.00 bits per heavy atom. The molecule has 0 spiro atoms. The molecule has 1 aromatic heterocycles. The van der Waals surface area contributed by atoms with E-state index in [9.17, 15) is 0 Å². The highest BCUT2D eigenvalue weighted by atomic mass is 32.2. The van der Waals surface area contributed by atoms with Crippen LogP contribution in [0.1, 0.15) is 17.6 Å². The molecule has 2 heterocycles. The SMILES string of the molecule is Cc1cccc(OCCSc2nnc([C@H]3COc4ccccc4O3)o2)c1. The predicted octanol–water partition coefficient (Wildman–Crippen LogP) is 4.06. The van der Waals surface area contributed by atoms with Crippen molar-refractivity contribution < 1.29 is 18.6 Å². The van der Waals surface area contributed by atoms with E-state index in [1.54, 1.807) is 0 Å². The monoisotopic (exact) mass is 370 g/mol. The number of nitrogens with zero attached hydrogens (tertiary/aromatic N) is 2. The first-order valence-electron chi connectivity index (χ1n) is 8.32. The van der Waals surface area contributed by atoms with E-state index < -0.39 is 6.10 Å². The number of hydrogen-bond donors (Lipinski definition) is 0. The Labute approximate surface area is 155 Å². The van der Waals surface area contributed by atoms with Crippen molar-refractivity contribution in [3.8, 4) is 17.2 Å². The maximum Gasteiger partial charge on any atom is 0.276 e. The summed E-state index contributed by atoms with van der Waals surface area (Å²) in [6.07, 6.45) is -0.393. The highest BCUT2D eigenvalue weighted by molar-refractivity contribution is 7.99. The Bertz CT molecular complexity index is 883. The van der Waals surface area contributed by atoms with Gasteiger partial charge in [0.25, 0.3) is 11.1 Å². The fourth-order valence-corrected chi connectivity index (χ4v) is 3.13. The van der Waals surface area contributed by atoms with Gasteiger partial charge in [-0.3, -0.25) is 0 Å². The molecule has 0 unspecified atom stereocenters. The van der Waals surface area contributed by atoms with E-state index in [-0.39, 0.29) is 0 Å². The van der Waals surface area contributed by atoms with Crippen molar-refractivity contribution in [3.63, 3.8) is 0 Å². The van der Waals surface area contributed by atoms with Crippen molar-refractivity contribution in [3.05, 3.63) is 60.0 Å². The lowest BCUT2D eigenvalue weighted by atomic mass is 10.2. The lowest BCUT2D eigenvalue weighted by molar-refractivity contribution is 0.0686. The second-order valence-electron chi connectivity index (χ2n) is 5.78. The molecule has 0 aliphatic carbocycles. The Kier molecular flexibility index (Phi) is 4.97. The fourth-order valence-electron chi connectivity index (χ4n) is 2.54. The van der Waals surface area contributed by atoms with Crippen molar-refractivity contribution in [1.82, 2.24) is 10.2 Å². The smallest absolute Gasteiger partial charge is 0.276 e. The standard InChI is InChI=1S/C19H18N2O4S/c1-13-5-4-6-14(11-13)22-9-10-26-19-21-20-18(25-19)17-12-23-15-7-2-3-8-16(15)24-17/h2-8,11,17H,9-10,12H2,1H3/t17-/m1/s1. The predicted molar refractivity (Wildman–Crippen MR) is 97.0 cm³/mol. The summed E-state index contributed by atoms with van der Waals surface area (Å²) in [6.45, 7) is 2.94. The van der Waals surface area contributed by atoms with Crippen LogP contribution < -0.4 is 14.2 Å². The molecule has 0 radical (unpaired) electrons. The molecule has 1 aliphatic rings. The molecule has 0 bridgehead atoms. The number of rotatable bonds is 6. The minimum Gasteiger partial charge on any atom is -0.493 e. The number of fused-ring (bicyclic) bond motifs is 1. The molecular formula is C19H18N2O4S. The van der Waals surface area contributed by atoms with Crippen molar-refractivity contribution >= 4 is 11.8 Å². The molecule has 4 rings (SSSR count). The second-order valence-corrected chi connectivity index (χ2v) is 6.83. The molecule has 134 valence electrons. The van der Waals surface area contributed by atoms with Crippen molar-refractivity contribution in [2.45, 2.75) is 18.3 Å². The van der Waals surface area contributed by atoms with Gasteiger partial charge in [0.05, 0.1) is 6.61 Å². The van der Waals surface area contributed by atoms with Gasteiger partial charge in [-0.15, -0.1) is 10.2 Å². The molecule has 0 fully saturated rings. The molecule has 2 aromatic carbocycles. The van der Waals surface area contributed by atoms with Gasteiger partial charge in [-0.25, -0.2) is 0 Å². The third kappa shape index (κ3) is 3.94. The van der Waals surface area contributed by atoms with Gasteiger partial charge in [-0.05, 0) is 36.8 Å². The third-order valence-electron chi connectivity index (χ3n) is 3.77. The summed E-state index contributed by atoms with van der Waals surface area (Å²) in [5.74, 6) is 3.40. The molecule has 6 nitrogen and oxygen atoms in total. The first kappa shape index (κ1) is 16.8. The molecular weight excluding hydrogens is 352 g/mol. The normalized spacial score (nSPS) is 15.7. The van der Waals surface area contributed by atoms with Gasteiger partial charge in [0, 0.05) is 5.75 Å². The van der Waals surface area contributed by atoms with Gasteiger partial charge in [0.15, 0.2) is 11.5 Å². The van der Waals surface area contributed by atoms with Crippen LogP contribution in [0.3, 0.4) is 0 Å². The van der Waals surface area contributed by atoms with Gasteiger partial charge in [0.2, 0.25) is 6.10 Å². The van der Waals surface area contributed by atoms with Gasteiger partial charge in [0.1, 0.15) is 12.4 Å². The zero-order valence-corrected chi connectivity index (χ0v) is 15.1. The largest absolute Gasteiger partial charge is 0.493 e. The van der Waals surface area contributed by atoms with Crippen LogP contribution in [0.25, 0.3) is 0 Å². The number of ether oxygens (including phenoxy) is 3. The first-order valence-corrected chi connectivity index (χ1v) is 9.30. The Hall–Kier alpha value is -2.67. The Balaban J connectivity index is 1.28. The number of para-hydroxylation sites is 2. The number of thioether (sulfide) groups is 1. The van der Waals surface area contributed by atoms with E-state index in [1.807, 2.05) is 55.5 Å². The van der Waals surface area contributed by atoms with E-state index in [0.717, 1.165) is 11.5 Å². The summed E-state index contributed by atoms with van der Waals surface area (Å²) in [6, 6.07) is 15.5. The summed E-state index contributed by atoms with van der Waals surface area (Å²) in [4.78, 5) is 0. The highest BCUT2D eigenvalue weighted by Crippen LogP contribution is 2.35. The quantitative estimate of drug-likeness (QED) is 0.479. The molecule has 3 aromatic rings. The molecule has 1 atom stereocenters. The molecule has 0 saturated heterocycles. The third-order valence-corrected chi connectivity index (χ3v) is 4.56. The van der Waals surface area contributed by atoms with Crippen LogP contribution in [0.4, 0.5) is 0 Å². The number of aromatic nitrogens is 2. The second kappa shape index (κ2) is 7.70. The van der Waals surface area contributed by atoms with Crippen LogP contribution in [0.2, 0.25) is 0 Å². The average molecular weight is 370 g/mol. The van der Waals surface area contributed by atoms with Crippen LogP contribution in [0.5, 0.6) is 17.2 Å². The van der Waals surface area contributed by atoms with Crippen molar-refractivity contribution in [2.75, 3.05) is 19.0 Å². The van der Waals surface area contributed by atoms with E-state index in [0.29, 0.717) is 35.8 Å². The van der Waals surface area contributed by atoms with E-state index in [4.69, 9.17) is 18.6 Å². The topological polar surface area (TPSA) is 66.6 Å². The first-order chi connectivity index (χ1) is 12.8. The Morgan fingerprint density at radius 3 is 2.88 bits per heavy atom. The van der Waals surface area contributed by atoms with Crippen molar-refractivity contribution in [2.24, 2.45) is 0 Å². The highest BCUT2D eigenvalue weighted by Gasteiger charge is 2.27. The summed E-state index contributed by atoms with van der Waals surface area (Å²) >= 11 is 1.45. The van der Waals surface area contributed by atoms with Crippen molar-refractivity contribution in [1.29, 1.82) is 0 Å². The summed E-state index contributed by atoms with van der Waals surface area (Å²) in [7, 11) is 0. The number of benzene rings is 2. The lowest BCUT2D eigenvalue weighted by Crippen LogP contribution is -2.21. The van der Waals surface area contributed by atoms with Crippen LogP contribution in [-0.2, 0) is 0 Å². The maximum atomic E-state index is 5.87. The molecule has 26 heavy (non-hydrogen) atoms. The molecule has 0 N–H and O–H groups in total. The van der Waals surface area contributed by atoms with Crippen LogP contribution in [0.15, 0.2) is 58.2 Å². The van der Waals surface area contributed by atoms with Gasteiger partial charge in [-0.2, -0.15) is 0 Å². The fraction of sp³-hybridized carbons (Fsp3) is 0.263. The summed E-state index contributed by atoms with van der Waals surface area (Å²) < 4.78 is 23.0. The molecule has 7 heteroatoms. The van der Waals surface area contributed by atoms with E-state index in [2.05, 4.69) is 10.2 Å². The zero-order valence-electron chi connectivity index (χ0n) is 14.3.